The minimum Gasteiger partial charge on any atom is -0.466 e. The van der Waals surface area contributed by atoms with Crippen molar-refractivity contribution in [2.75, 3.05) is 39.5 Å². The Balaban J connectivity index is 4.02. The zero-order chi connectivity index (χ0) is 25.1. The number of esters is 2. The normalized spacial score (nSPS) is 11.2. The van der Waals surface area contributed by atoms with Crippen LogP contribution in [0.5, 0.6) is 0 Å². The van der Waals surface area contributed by atoms with E-state index in [0.29, 0.717) is 26.1 Å². The lowest BCUT2D eigenvalue weighted by molar-refractivity contribution is -0.144. The first-order valence-corrected chi connectivity index (χ1v) is 14.3. The number of aliphatic hydroxyl groups is 1. The van der Waals surface area contributed by atoms with E-state index in [1.807, 2.05) is 0 Å². The molecule has 0 fully saturated rings. The molecule has 0 aromatic rings. The summed E-state index contributed by atoms with van der Waals surface area (Å²) in [4.78, 5) is 26.3. The molecule has 0 radical (unpaired) electrons. The zero-order valence-electron chi connectivity index (χ0n) is 22.5. The average Bonchev–Trinajstić information content (AvgIpc) is 2.83. The Hall–Kier alpha value is -1.14. The van der Waals surface area contributed by atoms with E-state index in [-0.39, 0.29) is 18.5 Å². The fraction of sp³-hybridized carbons (Fsp3) is 0.929. The van der Waals surface area contributed by atoms with E-state index in [0.717, 1.165) is 96.7 Å². The molecule has 6 heteroatoms. The summed E-state index contributed by atoms with van der Waals surface area (Å²) in [6, 6.07) is 0. The number of hydrogen-bond donors (Lipinski definition) is 1. The standard InChI is InChI=1S/C28H55NO5/c1-3-5-7-17-25-33-27(31)19-11-14-22-29(21-13-9-10-16-24-30)23-15-12-20-28(32)34-26-18-8-6-4-2/h30H,3-26H2,1-2H3. The Morgan fingerprint density at radius 1 is 0.559 bits per heavy atom. The highest BCUT2D eigenvalue weighted by atomic mass is 16.5. The van der Waals surface area contributed by atoms with Crippen molar-refractivity contribution >= 4 is 11.9 Å². The Labute approximate surface area is 210 Å². The van der Waals surface area contributed by atoms with Crippen LogP contribution in [0.3, 0.4) is 0 Å². The van der Waals surface area contributed by atoms with E-state index in [4.69, 9.17) is 14.6 Å². The summed E-state index contributed by atoms with van der Waals surface area (Å²) in [6.45, 7) is 8.73. The Kier molecular flexibility index (Phi) is 25.6. The van der Waals surface area contributed by atoms with Crippen LogP contribution in [0.15, 0.2) is 0 Å². The highest BCUT2D eigenvalue weighted by Gasteiger charge is 2.09. The highest BCUT2D eigenvalue weighted by molar-refractivity contribution is 5.69. The summed E-state index contributed by atoms with van der Waals surface area (Å²) in [6.07, 6.45) is 17.9. The lowest BCUT2D eigenvalue weighted by Gasteiger charge is -2.22. The maximum Gasteiger partial charge on any atom is 0.305 e. The molecule has 0 aliphatic rings. The topological polar surface area (TPSA) is 76.1 Å². The number of hydrogen-bond acceptors (Lipinski definition) is 6. The maximum atomic E-state index is 11.9. The molecule has 0 rings (SSSR count). The van der Waals surface area contributed by atoms with Gasteiger partial charge in [-0.2, -0.15) is 0 Å². The third-order valence-corrected chi connectivity index (χ3v) is 6.11. The van der Waals surface area contributed by atoms with Crippen molar-refractivity contribution in [1.82, 2.24) is 4.90 Å². The molecule has 0 spiro atoms. The largest absolute Gasteiger partial charge is 0.466 e. The molecule has 202 valence electrons. The fourth-order valence-electron chi connectivity index (χ4n) is 3.92. The third-order valence-electron chi connectivity index (χ3n) is 6.11. The predicted octanol–water partition coefficient (Wildman–Crippen LogP) is 6.43. The van der Waals surface area contributed by atoms with Crippen molar-refractivity contribution in [1.29, 1.82) is 0 Å². The smallest absolute Gasteiger partial charge is 0.305 e. The lowest BCUT2D eigenvalue weighted by atomic mass is 10.1. The number of ether oxygens (including phenoxy) is 2. The summed E-state index contributed by atoms with van der Waals surface area (Å²) in [7, 11) is 0. The summed E-state index contributed by atoms with van der Waals surface area (Å²) >= 11 is 0. The van der Waals surface area contributed by atoms with Crippen LogP contribution in [-0.2, 0) is 19.1 Å². The van der Waals surface area contributed by atoms with Gasteiger partial charge in [0, 0.05) is 19.4 Å². The molecule has 0 amide bonds. The average molecular weight is 486 g/mol. The summed E-state index contributed by atoms with van der Waals surface area (Å²) in [5, 5.41) is 8.95. The molecule has 0 unspecified atom stereocenters. The van der Waals surface area contributed by atoms with Crippen LogP contribution >= 0.6 is 0 Å². The van der Waals surface area contributed by atoms with Gasteiger partial charge in [-0.05, 0) is 71.0 Å². The third kappa shape index (κ3) is 24.0. The van der Waals surface area contributed by atoms with Crippen LogP contribution in [0.2, 0.25) is 0 Å². The molecule has 0 bridgehead atoms. The van der Waals surface area contributed by atoms with Crippen molar-refractivity contribution < 1.29 is 24.2 Å². The van der Waals surface area contributed by atoms with Crippen LogP contribution in [0, 0.1) is 0 Å². The Morgan fingerprint density at radius 3 is 1.41 bits per heavy atom. The molecule has 0 heterocycles. The van der Waals surface area contributed by atoms with E-state index >= 15 is 0 Å². The highest BCUT2D eigenvalue weighted by Crippen LogP contribution is 2.09. The number of aliphatic hydroxyl groups excluding tert-OH is 1. The van der Waals surface area contributed by atoms with Gasteiger partial charge in [0.1, 0.15) is 0 Å². The van der Waals surface area contributed by atoms with Crippen molar-refractivity contribution in [3.05, 3.63) is 0 Å². The van der Waals surface area contributed by atoms with Gasteiger partial charge < -0.3 is 19.5 Å². The number of rotatable bonds is 26. The van der Waals surface area contributed by atoms with E-state index in [2.05, 4.69) is 18.7 Å². The molecule has 34 heavy (non-hydrogen) atoms. The second-order valence-electron chi connectivity index (χ2n) is 9.46. The van der Waals surface area contributed by atoms with Gasteiger partial charge in [-0.1, -0.05) is 65.2 Å². The van der Waals surface area contributed by atoms with Crippen LogP contribution in [-0.4, -0.2) is 61.4 Å². The molecular formula is C28H55NO5. The number of carbonyl (C=O) groups excluding carboxylic acids is 2. The second kappa shape index (κ2) is 26.5. The molecule has 0 saturated carbocycles. The molecule has 0 atom stereocenters. The zero-order valence-corrected chi connectivity index (χ0v) is 22.5. The minimum atomic E-state index is -0.0692. The second-order valence-corrected chi connectivity index (χ2v) is 9.46. The number of unbranched alkanes of at least 4 members (excludes halogenated alkanes) is 11. The first kappa shape index (κ1) is 32.9. The van der Waals surface area contributed by atoms with E-state index in [1.54, 1.807) is 0 Å². The summed E-state index contributed by atoms with van der Waals surface area (Å²) in [5.74, 6) is -0.138. The summed E-state index contributed by atoms with van der Waals surface area (Å²) in [5.41, 5.74) is 0. The molecular weight excluding hydrogens is 430 g/mol. The van der Waals surface area contributed by atoms with Gasteiger partial charge in [0.05, 0.1) is 13.2 Å². The Morgan fingerprint density at radius 2 is 0.971 bits per heavy atom. The van der Waals surface area contributed by atoms with Crippen LogP contribution in [0.1, 0.15) is 129 Å². The van der Waals surface area contributed by atoms with Gasteiger partial charge in [0.25, 0.3) is 0 Å². The molecule has 0 aliphatic carbocycles. The van der Waals surface area contributed by atoms with Gasteiger partial charge in [-0.25, -0.2) is 0 Å². The molecule has 0 aromatic heterocycles. The summed E-state index contributed by atoms with van der Waals surface area (Å²) < 4.78 is 10.7. The van der Waals surface area contributed by atoms with E-state index in [9.17, 15) is 9.59 Å². The number of nitrogens with zero attached hydrogens (tertiary/aromatic N) is 1. The number of carbonyl (C=O) groups is 2. The minimum absolute atomic E-state index is 0.0692. The van der Waals surface area contributed by atoms with Crippen molar-refractivity contribution in [2.24, 2.45) is 0 Å². The van der Waals surface area contributed by atoms with Gasteiger partial charge in [-0.15, -0.1) is 0 Å². The van der Waals surface area contributed by atoms with Gasteiger partial charge >= 0.3 is 11.9 Å². The molecule has 1 N–H and O–H groups in total. The molecule has 0 aromatic carbocycles. The van der Waals surface area contributed by atoms with Crippen LogP contribution in [0.25, 0.3) is 0 Å². The first-order chi connectivity index (χ1) is 16.6. The van der Waals surface area contributed by atoms with Gasteiger partial charge in [0.15, 0.2) is 0 Å². The molecule has 0 saturated heterocycles. The fourth-order valence-corrected chi connectivity index (χ4v) is 3.92. The van der Waals surface area contributed by atoms with Gasteiger partial charge in [-0.3, -0.25) is 9.59 Å². The lowest BCUT2D eigenvalue weighted by Crippen LogP contribution is -2.27. The quantitative estimate of drug-likeness (QED) is 0.112. The van der Waals surface area contributed by atoms with Crippen LogP contribution in [0.4, 0.5) is 0 Å². The van der Waals surface area contributed by atoms with Crippen molar-refractivity contribution in [3.63, 3.8) is 0 Å². The monoisotopic (exact) mass is 485 g/mol. The Bertz CT molecular complexity index is 424. The molecule has 0 aliphatic heterocycles. The predicted molar refractivity (Wildman–Crippen MR) is 140 cm³/mol. The van der Waals surface area contributed by atoms with E-state index in [1.165, 1.54) is 25.7 Å². The SMILES string of the molecule is CCCCCCOC(=O)CCCCN(CCCCCCO)CCCCC(=O)OCCCCCC. The van der Waals surface area contributed by atoms with E-state index < -0.39 is 0 Å². The molecule has 6 nitrogen and oxygen atoms in total. The first-order valence-electron chi connectivity index (χ1n) is 14.3. The maximum absolute atomic E-state index is 11.9. The van der Waals surface area contributed by atoms with Crippen molar-refractivity contribution in [2.45, 2.75) is 129 Å². The van der Waals surface area contributed by atoms with Gasteiger partial charge in [0.2, 0.25) is 0 Å². The van der Waals surface area contributed by atoms with Crippen LogP contribution < -0.4 is 0 Å². The van der Waals surface area contributed by atoms with Crippen molar-refractivity contribution in [3.8, 4) is 0 Å².